The molecule has 2 unspecified atom stereocenters. The zero-order valence-corrected chi connectivity index (χ0v) is 11.5. The predicted octanol–water partition coefficient (Wildman–Crippen LogP) is 1.71. The normalized spacial score (nSPS) is 14.7. The van der Waals surface area contributed by atoms with E-state index in [9.17, 15) is 4.79 Å². The topological polar surface area (TPSA) is 58.6 Å². The fourth-order valence-corrected chi connectivity index (χ4v) is 1.81. The summed E-state index contributed by atoms with van der Waals surface area (Å²) in [5.74, 6) is 0.203. The van der Waals surface area contributed by atoms with Gasteiger partial charge in [0.1, 0.15) is 6.04 Å². The van der Waals surface area contributed by atoms with Crippen molar-refractivity contribution < 1.29 is 14.6 Å². The third kappa shape index (κ3) is 6.64. The van der Waals surface area contributed by atoms with E-state index < -0.39 is 0 Å². The van der Waals surface area contributed by atoms with Crippen LogP contribution >= 0.6 is 0 Å². The molecule has 0 radical (unpaired) electrons. The monoisotopic (exact) mass is 245 g/mol. The minimum Gasteiger partial charge on any atom is -0.465 e. The summed E-state index contributed by atoms with van der Waals surface area (Å²) in [5, 5.41) is 12.3. The van der Waals surface area contributed by atoms with Gasteiger partial charge in [0.15, 0.2) is 0 Å². The molecule has 2 atom stereocenters. The van der Waals surface area contributed by atoms with Gasteiger partial charge in [-0.05, 0) is 25.7 Å². The fourth-order valence-electron chi connectivity index (χ4n) is 1.81. The lowest BCUT2D eigenvalue weighted by Crippen LogP contribution is -2.46. The van der Waals surface area contributed by atoms with Gasteiger partial charge in [0, 0.05) is 12.6 Å². The van der Waals surface area contributed by atoms with Crippen LogP contribution in [0.3, 0.4) is 0 Å². The van der Waals surface area contributed by atoms with E-state index in [4.69, 9.17) is 9.84 Å². The molecule has 102 valence electrons. The van der Waals surface area contributed by atoms with Gasteiger partial charge in [0.2, 0.25) is 0 Å². The molecular formula is C13H27NO3. The molecule has 0 saturated carbocycles. The van der Waals surface area contributed by atoms with Crippen molar-refractivity contribution in [3.63, 3.8) is 0 Å². The molecule has 0 aromatic heterocycles. The number of carbonyl (C=O) groups excluding carboxylic acids is 1. The number of carbonyl (C=O) groups is 1. The van der Waals surface area contributed by atoms with Gasteiger partial charge in [0.05, 0.1) is 6.61 Å². The van der Waals surface area contributed by atoms with E-state index in [0.717, 1.165) is 12.8 Å². The molecule has 0 heterocycles. The van der Waals surface area contributed by atoms with E-state index in [1.807, 2.05) is 13.8 Å². The highest BCUT2D eigenvalue weighted by Gasteiger charge is 2.23. The van der Waals surface area contributed by atoms with Crippen LogP contribution in [0.25, 0.3) is 0 Å². The molecule has 4 heteroatoms. The molecular weight excluding hydrogens is 218 g/mol. The highest BCUT2D eigenvalue weighted by Crippen LogP contribution is 2.10. The van der Waals surface area contributed by atoms with E-state index >= 15 is 0 Å². The van der Waals surface area contributed by atoms with Crippen LogP contribution in [0.5, 0.6) is 0 Å². The average molecular weight is 245 g/mol. The van der Waals surface area contributed by atoms with Crippen LogP contribution < -0.4 is 5.32 Å². The Morgan fingerprint density at radius 1 is 1.29 bits per heavy atom. The van der Waals surface area contributed by atoms with Crippen LogP contribution in [-0.4, -0.2) is 36.4 Å². The molecule has 4 nitrogen and oxygen atoms in total. The first-order chi connectivity index (χ1) is 8.06. The summed E-state index contributed by atoms with van der Waals surface area (Å²) in [5.41, 5.74) is 0. The number of ether oxygens (including phenoxy) is 1. The second kappa shape index (κ2) is 9.42. The van der Waals surface area contributed by atoms with Crippen LogP contribution in [0, 0.1) is 5.92 Å². The van der Waals surface area contributed by atoms with Crippen molar-refractivity contribution >= 4 is 5.97 Å². The van der Waals surface area contributed by atoms with Gasteiger partial charge in [-0.25, -0.2) is 0 Å². The first kappa shape index (κ1) is 16.4. The van der Waals surface area contributed by atoms with E-state index in [0.29, 0.717) is 18.9 Å². The Morgan fingerprint density at radius 2 is 1.94 bits per heavy atom. The highest BCUT2D eigenvalue weighted by atomic mass is 16.5. The molecule has 0 spiro atoms. The summed E-state index contributed by atoms with van der Waals surface area (Å²) in [4.78, 5) is 11.7. The lowest BCUT2D eigenvalue weighted by molar-refractivity contribution is -0.146. The van der Waals surface area contributed by atoms with Crippen molar-refractivity contribution in [2.45, 2.75) is 59.0 Å². The van der Waals surface area contributed by atoms with E-state index in [-0.39, 0.29) is 24.7 Å². The van der Waals surface area contributed by atoms with Gasteiger partial charge in [-0.15, -0.1) is 0 Å². The van der Waals surface area contributed by atoms with E-state index in [2.05, 4.69) is 19.2 Å². The SMILES string of the molecule is CCCC(NC(CCO)C(C)C)C(=O)OCC. The zero-order valence-electron chi connectivity index (χ0n) is 11.5. The second-order valence-corrected chi connectivity index (χ2v) is 4.62. The molecule has 0 amide bonds. The standard InChI is InChI=1S/C13H27NO3/c1-5-7-12(13(16)17-6-2)14-11(8-9-15)10(3)4/h10-12,14-15H,5-9H2,1-4H3. The molecule has 2 N–H and O–H groups in total. The van der Waals surface area contributed by atoms with Gasteiger partial charge in [-0.2, -0.15) is 0 Å². The first-order valence-corrected chi connectivity index (χ1v) is 6.60. The number of nitrogens with one attached hydrogen (secondary N) is 1. The number of hydrogen-bond acceptors (Lipinski definition) is 4. The Bertz CT molecular complexity index is 207. The van der Waals surface area contributed by atoms with Crippen molar-refractivity contribution in [3.05, 3.63) is 0 Å². The molecule has 0 saturated heterocycles. The van der Waals surface area contributed by atoms with Gasteiger partial charge in [0.25, 0.3) is 0 Å². The smallest absolute Gasteiger partial charge is 0.323 e. The molecule has 0 rings (SSSR count). The molecule has 17 heavy (non-hydrogen) atoms. The number of aliphatic hydroxyl groups excluding tert-OH is 1. The number of hydrogen-bond donors (Lipinski definition) is 2. The van der Waals surface area contributed by atoms with Crippen LogP contribution in [0.15, 0.2) is 0 Å². The Kier molecular flexibility index (Phi) is 9.09. The number of rotatable bonds is 9. The van der Waals surface area contributed by atoms with Crippen molar-refractivity contribution in [1.82, 2.24) is 5.32 Å². The summed E-state index contributed by atoms with van der Waals surface area (Å²) < 4.78 is 5.05. The van der Waals surface area contributed by atoms with Crippen molar-refractivity contribution in [2.75, 3.05) is 13.2 Å². The van der Waals surface area contributed by atoms with Crippen molar-refractivity contribution in [3.8, 4) is 0 Å². The first-order valence-electron chi connectivity index (χ1n) is 6.60. The molecule has 0 aliphatic heterocycles. The summed E-state index contributed by atoms with van der Waals surface area (Å²) in [6.45, 7) is 8.58. The van der Waals surface area contributed by atoms with Crippen LogP contribution in [0.2, 0.25) is 0 Å². The van der Waals surface area contributed by atoms with E-state index in [1.165, 1.54) is 0 Å². The van der Waals surface area contributed by atoms with Crippen LogP contribution in [0.4, 0.5) is 0 Å². The Labute approximate surface area is 105 Å². The van der Waals surface area contributed by atoms with Crippen LogP contribution in [0.1, 0.15) is 47.0 Å². The number of esters is 1. The molecule has 0 aromatic carbocycles. The molecule has 0 aromatic rings. The molecule has 0 aliphatic carbocycles. The zero-order chi connectivity index (χ0) is 13.3. The van der Waals surface area contributed by atoms with Crippen molar-refractivity contribution in [1.29, 1.82) is 0 Å². The van der Waals surface area contributed by atoms with Crippen LogP contribution in [-0.2, 0) is 9.53 Å². The second-order valence-electron chi connectivity index (χ2n) is 4.62. The molecule has 0 fully saturated rings. The summed E-state index contributed by atoms with van der Waals surface area (Å²) in [6, 6.07) is -0.0974. The Morgan fingerprint density at radius 3 is 2.35 bits per heavy atom. The largest absolute Gasteiger partial charge is 0.465 e. The predicted molar refractivity (Wildman–Crippen MR) is 68.8 cm³/mol. The Hall–Kier alpha value is -0.610. The van der Waals surface area contributed by atoms with Gasteiger partial charge in [-0.1, -0.05) is 27.2 Å². The highest BCUT2D eigenvalue weighted by molar-refractivity contribution is 5.75. The van der Waals surface area contributed by atoms with E-state index in [1.54, 1.807) is 0 Å². The molecule has 0 aliphatic rings. The lowest BCUT2D eigenvalue weighted by atomic mass is 9.99. The van der Waals surface area contributed by atoms with Gasteiger partial charge < -0.3 is 15.2 Å². The van der Waals surface area contributed by atoms with Gasteiger partial charge >= 0.3 is 5.97 Å². The summed E-state index contributed by atoms with van der Waals surface area (Å²) in [6.07, 6.45) is 2.37. The maximum Gasteiger partial charge on any atom is 0.323 e. The minimum atomic E-state index is -0.251. The minimum absolute atomic E-state index is 0.136. The summed E-state index contributed by atoms with van der Waals surface area (Å²) in [7, 11) is 0. The van der Waals surface area contributed by atoms with Crippen molar-refractivity contribution in [2.24, 2.45) is 5.92 Å². The quantitative estimate of drug-likeness (QED) is 0.607. The third-order valence-electron chi connectivity index (χ3n) is 2.81. The average Bonchev–Trinajstić information content (AvgIpc) is 2.27. The fraction of sp³-hybridized carbons (Fsp3) is 0.923. The summed E-state index contributed by atoms with van der Waals surface area (Å²) >= 11 is 0. The maximum absolute atomic E-state index is 11.7. The maximum atomic E-state index is 11.7. The lowest BCUT2D eigenvalue weighted by Gasteiger charge is -2.26. The Balaban J connectivity index is 4.42. The van der Waals surface area contributed by atoms with Gasteiger partial charge in [-0.3, -0.25) is 4.79 Å². The third-order valence-corrected chi connectivity index (χ3v) is 2.81. The number of aliphatic hydroxyl groups is 1. The molecule has 0 bridgehead atoms.